The molecule has 8 rings (SSSR count). The van der Waals surface area contributed by atoms with Gasteiger partial charge in [-0.1, -0.05) is 38.5 Å². The molecule has 6 aliphatic carbocycles. The molecule has 330 valence electrons. The minimum Gasteiger partial charge on any atom is -0.493 e. The maximum atomic E-state index is 15.4. The number of benzene rings is 2. The van der Waals surface area contributed by atoms with Gasteiger partial charge in [-0.3, -0.25) is 4.79 Å². The molecule has 0 bridgehead atoms. The van der Waals surface area contributed by atoms with Crippen LogP contribution in [-0.2, 0) is 0 Å². The number of ketones is 1. The van der Waals surface area contributed by atoms with Gasteiger partial charge in [0.15, 0.2) is 40.3 Å². The summed E-state index contributed by atoms with van der Waals surface area (Å²) in [5, 5.41) is 0. The van der Waals surface area contributed by atoms with Crippen molar-refractivity contribution in [2.45, 2.75) is 229 Å². The Kier molecular flexibility index (Phi) is 15.8. The van der Waals surface area contributed by atoms with Gasteiger partial charge in [0.1, 0.15) is 11.3 Å². The summed E-state index contributed by atoms with van der Waals surface area (Å²) >= 11 is 0. The molecule has 6 fully saturated rings. The fraction of sp³-hybridized carbons (Fsp3) is 0.712. The lowest BCUT2D eigenvalue weighted by Crippen LogP contribution is -2.26. The van der Waals surface area contributed by atoms with Gasteiger partial charge in [0.2, 0.25) is 0 Å². The summed E-state index contributed by atoms with van der Waals surface area (Å²) in [6.07, 6.45) is 37.0. The van der Waals surface area contributed by atoms with E-state index in [1.54, 1.807) is 13.2 Å². The highest BCUT2D eigenvalue weighted by Gasteiger charge is 2.34. The molecule has 6 saturated carbocycles. The monoisotopic (exact) mass is 827 g/mol. The Balaban J connectivity index is 1.23. The predicted octanol–water partition coefficient (Wildman–Crippen LogP) is 13.9. The molecular formula is C52H74O8. The summed E-state index contributed by atoms with van der Waals surface area (Å²) in [6.45, 7) is 0. The smallest absolute Gasteiger partial charge is 0.193 e. The Morgan fingerprint density at radius 3 is 1.15 bits per heavy atom. The summed E-state index contributed by atoms with van der Waals surface area (Å²) < 4.78 is 47.6. The second kappa shape index (κ2) is 22.0. The Morgan fingerprint density at radius 1 is 0.417 bits per heavy atom. The lowest BCUT2D eigenvalue weighted by molar-refractivity contribution is 0.0960. The molecule has 8 nitrogen and oxygen atoms in total. The molecular weight excluding hydrogens is 753 g/mol. The second-order valence-electron chi connectivity index (χ2n) is 18.9. The third kappa shape index (κ3) is 11.7. The maximum absolute atomic E-state index is 15.4. The van der Waals surface area contributed by atoms with Crippen LogP contribution in [0.25, 0.3) is 6.08 Å². The first-order valence-corrected chi connectivity index (χ1v) is 24.7. The van der Waals surface area contributed by atoms with Gasteiger partial charge in [0.05, 0.1) is 43.7 Å². The van der Waals surface area contributed by atoms with Crippen molar-refractivity contribution in [3.05, 3.63) is 35.4 Å². The van der Waals surface area contributed by atoms with E-state index in [4.69, 9.17) is 33.2 Å². The van der Waals surface area contributed by atoms with Crippen molar-refractivity contribution in [2.24, 2.45) is 0 Å². The van der Waals surface area contributed by atoms with E-state index in [-0.39, 0.29) is 42.4 Å². The standard InChI is InChI=1S/C52H74O8/c1-54-46-35-44(55-38-20-8-2-9-21-38)34-37(50(46)58-41-26-14-5-15-27-41)32-33-45(53)49-51(59-42-28-16-6-17-29-42)47(56-39-22-10-3-11-23-39)36-48(57-40-24-12-4-13-25-40)52(49)60-43-30-18-7-19-31-43/h32-36,38-43H,2-31H2,1H3. The van der Waals surface area contributed by atoms with Crippen LogP contribution in [0.15, 0.2) is 24.3 Å². The fourth-order valence-electron chi connectivity index (χ4n) is 10.7. The fourth-order valence-corrected chi connectivity index (χ4v) is 10.7. The third-order valence-electron chi connectivity index (χ3n) is 14.2. The number of carbonyl (C=O) groups excluding carboxylic acids is 1. The van der Waals surface area contributed by atoms with Crippen molar-refractivity contribution in [2.75, 3.05) is 7.11 Å². The molecule has 60 heavy (non-hydrogen) atoms. The zero-order valence-corrected chi connectivity index (χ0v) is 36.8. The molecule has 0 aliphatic heterocycles. The summed E-state index contributed by atoms with van der Waals surface area (Å²) in [6, 6.07) is 6.05. The van der Waals surface area contributed by atoms with E-state index in [0.717, 1.165) is 153 Å². The Morgan fingerprint density at radius 2 is 0.767 bits per heavy atom. The number of methoxy groups -OCH3 is 1. The SMILES string of the molecule is COc1cc(OC2CCCCC2)cc(C=CC(=O)c2c(OC3CCCCC3)c(OC3CCCCC3)cc(OC3CCCCC3)c2OC2CCCCC2)c1OC1CCCCC1. The van der Waals surface area contributed by atoms with Crippen molar-refractivity contribution >= 4 is 11.9 Å². The molecule has 0 saturated heterocycles. The first kappa shape index (κ1) is 43.1. The highest BCUT2D eigenvalue weighted by atomic mass is 16.6. The van der Waals surface area contributed by atoms with E-state index in [1.165, 1.54) is 51.4 Å². The molecule has 6 aliphatic rings. The zero-order chi connectivity index (χ0) is 40.9. The Bertz CT molecular complexity index is 1620. The van der Waals surface area contributed by atoms with Gasteiger partial charge in [-0.05, 0) is 172 Å². The van der Waals surface area contributed by atoms with Gasteiger partial charge in [-0.2, -0.15) is 0 Å². The summed E-state index contributed by atoms with van der Waals surface area (Å²) in [7, 11) is 1.70. The molecule has 0 aromatic heterocycles. The molecule has 8 heteroatoms. The quantitative estimate of drug-likeness (QED) is 0.122. The number of ether oxygens (including phenoxy) is 7. The number of hydrogen-bond donors (Lipinski definition) is 0. The summed E-state index contributed by atoms with van der Waals surface area (Å²) in [5.41, 5.74) is 1.20. The van der Waals surface area contributed by atoms with Gasteiger partial charge < -0.3 is 33.2 Å². The first-order valence-electron chi connectivity index (χ1n) is 24.7. The van der Waals surface area contributed by atoms with Crippen LogP contribution in [0.5, 0.6) is 40.2 Å². The summed E-state index contributed by atoms with van der Waals surface area (Å²) in [4.78, 5) is 15.4. The van der Waals surface area contributed by atoms with Crippen LogP contribution in [0.1, 0.15) is 209 Å². The van der Waals surface area contributed by atoms with Crippen molar-refractivity contribution < 1.29 is 38.0 Å². The average molecular weight is 827 g/mol. The molecule has 0 atom stereocenters. The van der Waals surface area contributed by atoms with E-state index < -0.39 is 0 Å². The number of hydrogen-bond acceptors (Lipinski definition) is 8. The molecule has 0 amide bonds. The molecule has 0 radical (unpaired) electrons. The van der Waals surface area contributed by atoms with Gasteiger partial charge >= 0.3 is 0 Å². The van der Waals surface area contributed by atoms with Crippen molar-refractivity contribution in [1.29, 1.82) is 0 Å². The van der Waals surface area contributed by atoms with E-state index >= 15 is 4.79 Å². The van der Waals surface area contributed by atoms with Crippen molar-refractivity contribution in [1.82, 2.24) is 0 Å². The largest absolute Gasteiger partial charge is 0.493 e. The van der Waals surface area contributed by atoms with Gasteiger partial charge in [-0.15, -0.1) is 0 Å². The second-order valence-corrected chi connectivity index (χ2v) is 18.9. The minimum absolute atomic E-state index is 0.00371. The van der Waals surface area contributed by atoms with E-state index in [0.29, 0.717) is 40.1 Å². The highest BCUT2D eigenvalue weighted by Crippen LogP contribution is 2.50. The lowest BCUT2D eigenvalue weighted by Gasteiger charge is -2.32. The van der Waals surface area contributed by atoms with Crippen LogP contribution in [0.3, 0.4) is 0 Å². The van der Waals surface area contributed by atoms with Gasteiger partial charge in [-0.25, -0.2) is 0 Å². The Hall–Kier alpha value is -3.55. The van der Waals surface area contributed by atoms with Crippen LogP contribution in [0, 0.1) is 0 Å². The normalized spacial score (nSPS) is 22.4. The molecule has 0 unspecified atom stereocenters. The molecule has 0 heterocycles. The van der Waals surface area contributed by atoms with E-state index in [2.05, 4.69) is 0 Å². The third-order valence-corrected chi connectivity index (χ3v) is 14.2. The van der Waals surface area contributed by atoms with Crippen LogP contribution < -0.4 is 33.2 Å². The van der Waals surface area contributed by atoms with Crippen molar-refractivity contribution in [3.63, 3.8) is 0 Å². The molecule has 0 spiro atoms. The van der Waals surface area contributed by atoms with Crippen LogP contribution >= 0.6 is 0 Å². The molecule has 0 N–H and O–H groups in total. The van der Waals surface area contributed by atoms with Crippen LogP contribution in [0.4, 0.5) is 0 Å². The summed E-state index contributed by atoms with van der Waals surface area (Å²) in [5.74, 6) is 4.15. The Labute approximate surface area is 360 Å². The number of carbonyl (C=O) groups is 1. The first-order chi connectivity index (χ1) is 29.6. The van der Waals surface area contributed by atoms with E-state index in [1.807, 2.05) is 24.3 Å². The maximum Gasteiger partial charge on any atom is 0.193 e. The molecule has 2 aromatic carbocycles. The van der Waals surface area contributed by atoms with Crippen molar-refractivity contribution in [3.8, 4) is 40.2 Å². The molecule has 2 aromatic rings. The number of rotatable bonds is 16. The van der Waals surface area contributed by atoms with E-state index in [9.17, 15) is 0 Å². The topological polar surface area (TPSA) is 81.7 Å². The number of allylic oxidation sites excluding steroid dienone is 1. The minimum atomic E-state index is -0.185. The van der Waals surface area contributed by atoms with Crippen LogP contribution in [-0.4, -0.2) is 49.5 Å². The highest BCUT2D eigenvalue weighted by molar-refractivity contribution is 6.12. The van der Waals surface area contributed by atoms with Gasteiger partial charge in [0, 0.05) is 17.7 Å². The van der Waals surface area contributed by atoms with Gasteiger partial charge in [0.25, 0.3) is 0 Å². The van der Waals surface area contributed by atoms with Crippen LogP contribution in [0.2, 0.25) is 0 Å². The average Bonchev–Trinajstić information content (AvgIpc) is 3.29. The zero-order valence-electron chi connectivity index (χ0n) is 36.8. The predicted molar refractivity (Wildman–Crippen MR) is 238 cm³/mol. The lowest BCUT2D eigenvalue weighted by atomic mass is 9.96.